The molecular formula is C62H55N. The standard InChI is InChI=1S/C62H55N/c1-3-11-42(12-4-1)44-19-24-60(55(35-44)43-13-5-2-6-14-43)63(49-20-22-53-51-15-7-9-17-56(51)61(58(53)36-49)45-27-38-25-39(29-45)30-46(61)28-38)50-21-23-54-52-16-8-10-18-57(52)62(59(54)37-50)47-31-40-26-41(33-47)34-48(62)32-40/h1-24,35-41,45-48H,25-34H2. The summed E-state index contributed by atoms with van der Waals surface area (Å²) in [6.45, 7) is 0. The van der Waals surface area contributed by atoms with Gasteiger partial charge < -0.3 is 4.90 Å². The smallest absolute Gasteiger partial charge is 0.0540 e. The molecule has 0 saturated heterocycles. The monoisotopic (exact) mass is 813 g/mol. The van der Waals surface area contributed by atoms with Crippen molar-refractivity contribution in [2.75, 3.05) is 4.90 Å². The van der Waals surface area contributed by atoms with Gasteiger partial charge in [0.25, 0.3) is 0 Å². The highest BCUT2D eigenvalue weighted by Crippen LogP contribution is 2.71. The van der Waals surface area contributed by atoms with Crippen molar-refractivity contribution in [1.82, 2.24) is 0 Å². The Balaban J connectivity index is 0.982. The van der Waals surface area contributed by atoms with Gasteiger partial charge in [0, 0.05) is 27.8 Å². The minimum atomic E-state index is 0.102. The van der Waals surface area contributed by atoms with Crippen LogP contribution < -0.4 is 4.90 Å². The minimum Gasteiger partial charge on any atom is -0.310 e. The van der Waals surface area contributed by atoms with Gasteiger partial charge in [-0.25, -0.2) is 0 Å². The lowest BCUT2D eigenvalue weighted by Crippen LogP contribution is -2.55. The second-order valence-corrected chi connectivity index (χ2v) is 21.7. The van der Waals surface area contributed by atoms with Crippen molar-refractivity contribution >= 4 is 17.1 Å². The minimum absolute atomic E-state index is 0.102. The fourth-order valence-electron chi connectivity index (χ4n) is 17.4. The van der Waals surface area contributed by atoms with Gasteiger partial charge in [0.15, 0.2) is 0 Å². The molecule has 308 valence electrons. The summed E-state index contributed by atoms with van der Waals surface area (Å²) < 4.78 is 0. The van der Waals surface area contributed by atoms with Gasteiger partial charge in [0.05, 0.1) is 5.69 Å². The zero-order valence-electron chi connectivity index (χ0n) is 36.2. The summed E-state index contributed by atoms with van der Waals surface area (Å²) in [6, 6.07) is 64.2. The molecule has 63 heavy (non-hydrogen) atoms. The van der Waals surface area contributed by atoms with E-state index < -0.39 is 0 Å². The Morgan fingerprint density at radius 2 is 0.714 bits per heavy atom. The fraction of sp³-hybridized carbons (Fsp3) is 0.323. The highest BCUT2D eigenvalue weighted by molar-refractivity contribution is 5.94. The van der Waals surface area contributed by atoms with Crippen LogP contribution in [0.25, 0.3) is 44.5 Å². The van der Waals surface area contributed by atoms with Crippen molar-refractivity contribution in [1.29, 1.82) is 0 Å². The molecule has 0 heterocycles. The van der Waals surface area contributed by atoms with Crippen LogP contribution in [0.3, 0.4) is 0 Å². The first-order valence-electron chi connectivity index (χ1n) is 24.7. The van der Waals surface area contributed by atoms with E-state index in [9.17, 15) is 0 Å². The van der Waals surface area contributed by atoms with Crippen molar-refractivity contribution in [3.63, 3.8) is 0 Å². The van der Waals surface area contributed by atoms with Crippen molar-refractivity contribution in [2.45, 2.75) is 75.0 Å². The number of hydrogen-bond donors (Lipinski definition) is 0. The lowest BCUT2D eigenvalue weighted by Gasteiger charge is -2.61. The van der Waals surface area contributed by atoms with Crippen molar-refractivity contribution in [3.8, 4) is 44.5 Å². The van der Waals surface area contributed by atoms with Gasteiger partial charge >= 0.3 is 0 Å². The van der Waals surface area contributed by atoms with E-state index >= 15 is 0 Å². The van der Waals surface area contributed by atoms with E-state index in [1.807, 2.05) is 0 Å². The zero-order valence-corrected chi connectivity index (χ0v) is 36.2. The van der Waals surface area contributed by atoms with E-state index in [-0.39, 0.29) is 10.8 Å². The van der Waals surface area contributed by atoms with Crippen LogP contribution in [0.1, 0.15) is 86.5 Å². The van der Waals surface area contributed by atoms with Gasteiger partial charge in [-0.2, -0.15) is 0 Å². The highest BCUT2D eigenvalue weighted by Gasteiger charge is 2.63. The van der Waals surface area contributed by atoms with Crippen molar-refractivity contribution in [2.24, 2.45) is 47.3 Å². The predicted octanol–water partition coefficient (Wildman–Crippen LogP) is 15.9. The first kappa shape index (κ1) is 35.8. The van der Waals surface area contributed by atoms with E-state index in [0.29, 0.717) is 0 Å². The quantitative estimate of drug-likeness (QED) is 0.167. The molecule has 0 radical (unpaired) electrons. The normalized spacial score (nSPS) is 31.6. The Hall–Kier alpha value is -5.66. The van der Waals surface area contributed by atoms with E-state index in [0.717, 1.165) is 47.3 Å². The molecule has 0 atom stereocenters. The Kier molecular flexibility index (Phi) is 7.36. The third-order valence-corrected chi connectivity index (χ3v) is 19.0. The van der Waals surface area contributed by atoms with Crippen LogP contribution in [0.4, 0.5) is 17.1 Å². The maximum atomic E-state index is 2.72. The summed E-state index contributed by atoms with van der Waals surface area (Å²) in [5, 5.41) is 0. The van der Waals surface area contributed by atoms with Gasteiger partial charge in [-0.1, -0.05) is 127 Å². The summed E-state index contributed by atoms with van der Waals surface area (Å²) in [6.07, 6.45) is 14.1. The molecule has 0 unspecified atom stereocenters. The largest absolute Gasteiger partial charge is 0.310 e. The molecule has 7 aromatic carbocycles. The molecule has 0 aliphatic heterocycles. The first-order chi connectivity index (χ1) is 31.1. The lowest BCUT2D eigenvalue weighted by molar-refractivity contribution is -0.0399. The number of hydrogen-bond acceptors (Lipinski definition) is 1. The van der Waals surface area contributed by atoms with Crippen LogP contribution in [0.15, 0.2) is 164 Å². The van der Waals surface area contributed by atoms with Crippen LogP contribution in [0, 0.1) is 47.3 Å². The summed E-state index contributed by atoms with van der Waals surface area (Å²) in [4.78, 5) is 2.71. The van der Waals surface area contributed by atoms with Gasteiger partial charge in [-0.15, -0.1) is 0 Å². The summed E-state index contributed by atoms with van der Waals surface area (Å²) in [5.74, 6) is 6.55. The molecule has 8 saturated carbocycles. The van der Waals surface area contributed by atoms with E-state index in [2.05, 4.69) is 169 Å². The number of anilines is 3. The molecule has 17 rings (SSSR count). The molecule has 8 bridgehead atoms. The Morgan fingerprint density at radius 1 is 0.302 bits per heavy atom. The third kappa shape index (κ3) is 4.74. The summed E-state index contributed by atoms with van der Waals surface area (Å²) in [7, 11) is 0. The molecule has 8 fully saturated rings. The maximum Gasteiger partial charge on any atom is 0.0540 e. The average molecular weight is 814 g/mol. The number of benzene rings is 7. The highest BCUT2D eigenvalue weighted by atomic mass is 15.1. The average Bonchev–Trinajstić information content (AvgIpc) is 3.78. The van der Waals surface area contributed by atoms with Crippen LogP contribution in [-0.2, 0) is 10.8 Å². The number of rotatable bonds is 5. The van der Waals surface area contributed by atoms with Crippen LogP contribution in [-0.4, -0.2) is 0 Å². The molecule has 2 spiro atoms. The van der Waals surface area contributed by atoms with Crippen LogP contribution in [0.2, 0.25) is 0 Å². The van der Waals surface area contributed by atoms with Crippen molar-refractivity contribution < 1.29 is 0 Å². The number of nitrogens with zero attached hydrogens (tertiary/aromatic N) is 1. The van der Waals surface area contributed by atoms with Gasteiger partial charge in [0.2, 0.25) is 0 Å². The molecule has 10 aliphatic rings. The topological polar surface area (TPSA) is 3.24 Å². The van der Waals surface area contributed by atoms with Gasteiger partial charge in [0.1, 0.15) is 0 Å². The lowest BCUT2D eigenvalue weighted by atomic mass is 9.43. The molecule has 1 heteroatoms. The van der Waals surface area contributed by atoms with Crippen molar-refractivity contribution in [3.05, 3.63) is 186 Å². The summed E-state index contributed by atoms with van der Waals surface area (Å²) in [5.41, 5.74) is 21.6. The Morgan fingerprint density at radius 3 is 1.19 bits per heavy atom. The molecular weight excluding hydrogens is 759 g/mol. The van der Waals surface area contributed by atoms with E-state index in [1.54, 1.807) is 22.3 Å². The van der Waals surface area contributed by atoms with Crippen LogP contribution >= 0.6 is 0 Å². The Bertz CT molecular complexity index is 2790. The molecule has 0 N–H and O–H groups in total. The number of fused-ring (bicyclic) bond motifs is 6. The fourth-order valence-corrected chi connectivity index (χ4v) is 17.4. The SMILES string of the molecule is c1ccc(-c2ccc(N(c3ccc4c(c3)C3(c5ccccc5-4)C4CC5CC(C4)CC3C5)c3ccc4c(c3)C3(c5ccccc5-4)C4CC5CC(C4)CC3C5)c(-c3ccccc3)c2)cc1. The second-order valence-electron chi connectivity index (χ2n) is 21.7. The molecule has 10 aliphatic carbocycles. The van der Waals surface area contributed by atoms with E-state index in [1.165, 1.54) is 126 Å². The molecule has 7 aromatic rings. The predicted molar refractivity (Wildman–Crippen MR) is 259 cm³/mol. The van der Waals surface area contributed by atoms with Crippen LogP contribution in [0.5, 0.6) is 0 Å². The molecule has 1 nitrogen and oxygen atoms in total. The Labute approximate surface area is 373 Å². The third-order valence-electron chi connectivity index (χ3n) is 19.0. The van der Waals surface area contributed by atoms with Gasteiger partial charge in [-0.05, 0) is 209 Å². The second kappa shape index (κ2) is 13.0. The summed E-state index contributed by atoms with van der Waals surface area (Å²) >= 11 is 0. The van der Waals surface area contributed by atoms with E-state index in [4.69, 9.17) is 0 Å². The van der Waals surface area contributed by atoms with Gasteiger partial charge in [-0.3, -0.25) is 0 Å². The maximum absolute atomic E-state index is 2.72. The zero-order chi connectivity index (χ0) is 41.0. The first-order valence-corrected chi connectivity index (χ1v) is 24.7. The molecule has 0 amide bonds. The molecule has 0 aromatic heterocycles.